The quantitative estimate of drug-likeness (QED) is 0.469. The van der Waals surface area contributed by atoms with Crippen LogP contribution in [0.2, 0.25) is 0 Å². The minimum absolute atomic E-state index is 0.500. The van der Waals surface area contributed by atoms with Crippen molar-refractivity contribution in [3.05, 3.63) is 0 Å². The van der Waals surface area contributed by atoms with Crippen LogP contribution in [0.4, 0.5) is 0 Å². The summed E-state index contributed by atoms with van der Waals surface area (Å²) < 4.78 is 0. The molecule has 0 amide bonds. The summed E-state index contributed by atoms with van der Waals surface area (Å²) in [7, 11) is 1.00. The number of aliphatic hydroxyl groups is 2. The van der Waals surface area contributed by atoms with Crippen molar-refractivity contribution in [3.63, 3.8) is 0 Å². The molecule has 0 heterocycles. The number of hydrogen-bond donors (Lipinski definition) is 2. The highest BCUT2D eigenvalue weighted by Gasteiger charge is 1.97. The van der Waals surface area contributed by atoms with E-state index in [1.165, 1.54) is 0 Å². The lowest BCUT2D eigenvalue weighted by Crippen LogP contribution is -2.10. The highest BCUT2D eigenvalue weighted by atomic mass is 16.3. The first-order chi connectivity index (χ1) is 3.00. The summed E-state index contributed by atoms with van der Waals surface area (Å²) in [4.78, 5) is 0. The third-order valence-corrected chi connectivity index (χ3v) is 0. The molecule has 0 fully saturated rings. The second-order valence-corrected chi connectivity index (χ2v) is 2.17. The van der Waals surface area contributed by atoms with Gasteiger partial charge in [0.25, 0.3) is 0 Å². The molecule has 0 aliphatic heterocycles. The van der Waals surface area contributed by atoms with Crippen LogP contribution in [0.25, 0.3) is 0 Å². The van der Waals surface area contributed by atoms with Gasteiger partial charge in [0.2, 0.25) is 0 Å². The highest BCUT2D eigenvalue weighted by molar-refractivity contribution is 4.50. The molecule has 0 atom stereocenters. The van der Waals surface area contributed by atoms with Crippen molar-refractivity contribution in [3.8, 4) is 0 Å². The third-order valence-electron chi connectivity index (χ3n) is 0. The Morgan fingerprint density at radius 1 is 1.00 bits per heavy atom. The molecule has 46 valence electrons. The molecular formula is C5H14O2. The molecule has 2 N–H and O–H groups in total. The van der Waals surface area contributed by atoms with Crippen LogP contribution in [0.3, 0.4) is 0 Å². The average Bonchev–Trinajstić information content (AvgIpc) is 1.36. The highest BCUT2D eigenvalue weighted by Crippen LogP contribution is 1.93. The largest absolute Gasteiger partial charge is 0.400 e. The standard InChI is InChI=1S/C4H10O.CH4O/c1-4(2,3)5;1-2/h5H,1-3H3;2H,1H3. The second kappa shape index (κ2) is 4.09. The molecule has 0 unspecified atom stereocenters. The van der Waals surface area contributed by atoms with E-state index in [9.17, 15) is 0 Å². The lowest BCUT2D eigenvalue weighted by molar-refractivity contribution is 0.102. The Balaban J connectivity index is 0. The Morgan fingerprint density at radius 2 is 1.00 bits per heavy atom. The third kappa shape index (κ3) is 14200. The molecule has 2 heteroatoms. The fraction of sp³-hybridized carbons (Fsp3) is 1.00. The minimum Gasteiger partial charge on any atom is -0.400 e. The van der Waals surface area contributed by atoms with Crippen molar-refractivity contribution in [2.75, 3.05) is 7.11 Å². The average molecular weight is 106 g/mol. The Morgan fingerprint density at radius 3 is 1.00 bits per heavy atom. The van der Waals surface area contributed by atoms with Crippen LogP contribution in [0.1, 0.15) is 20.8 Å². The van der Waals surface area contributed by atoms with Crippen LogP contribution in [0.5, 0.6) is 0 Å². The summed E-state index contributed by atoms with van der Waals surface area (Å²) in [5.74, 6) is 0. The zero-order valence-electron chi connectivity index (χ0n) is 5.39. The van der Waals surface area contributed by atoms with Gasteiger partial charge in [0.05, 0.1) is 5.60 Å². The van der Waals surface area contributed by atoms with Gasteiger partial charge >= 0.3 is 0 Å². The van der Waals surface area contributed by atoms with Crippen molar-refractivity contribution in [2.24, 2.45) is 0 Å². The molecule has 0 aliphatic rings. The van der Waals surface area contributed by atoms with Crippen LogP contribution in [-0.4, -0.2) is 22.9 Å². The summed E-state index contributed by atoms with van der Waals surface area (Å²) >= 11 is 0. The first-order valence-electron chi connectivity index (χ1n) is 2.17. The summed E-state index contributed by atoms with van der Waals surface area (Å²) in [6.45, 7) is 5.23. The van der Waals surface area contributed by atoms with E-state index in [-0.39, 0.29) is 0 Å². The van der Waals surface area contributed by atoms with E-state index in [0.29, 0.717) is 0 Å². The smallest absolute Gasteiger partial charge is 0.0563 e. The van der Waals surface area contributed by atoms with Crippen LogP contribution in [0.15, 0.2) is 0 Å². The van der Waals surface area contributed by atoms with Crippen LogP contribution >= 0.6 is 0 Å². The topological polar surface area (TPSA) is 40.5 Å². The van der Waals surface area contributed by atoms with E-state index in [0.717, 1.165) is 7.11 Å². The maximum absolute atomic E-state index is 8.52. The first-order valence-corrected chi connectivity index (χ1v) is 2.17. The van der Waals surface area contributed by atoms with Crippen molar-refractivity contribution in [2.45, 2.75) is 26.4 Å². The molecule has 2 nitrogen and oxygen atoms in total. The lowest BCUT2D eigenvalue weighted by atomic mass is 10.2. The fourth-order valence-electron chi connectivity index (χ4n) is 0. The zero-order chi connectivity index (χ0) is 6.50. The Bertz CT molecular complexity index is 21.6. The lowest BCUT2D eigenvalue weighted by Gasteiger charge is -2.04. The van der Waals surface area contributed by atoms with Gasteiger partial charge < -0.3 is 10.2 Å². The van der Waals surface area contributed by atoms with Gasteiger partial charge in [-0.3, -0.25) is 0 Å². The van der Waals surface area contributed by atoms with Gasteiger partial charge in [0, 0.05) is 7.11 Å². The van der Waals surface area contributed by atoms with Crippen molar-refractivity contribution in [1.29, 1.82) is 0 Å². The monoisotopic (exact) mass is 106 g/mol. The molecule has 0 bridgehead atoms. The van der Waals surface area contributed by atoms with Gasteiger partial charge in [0.1, 0.15) is 0 Å². The maximum Gasteiger partial charge on any atom is 0.0563 e. The normalized spacial score (nSPS) is 9.43. The Kier molecular flexibility index (Phi) is 5.85. The van der Waals surface area contributed by atoms with E-state index >= 15 is 0 Å². The van der Waals surface area contributed by atoms with Crippen LogP contribution < -0.4 is 0 Å². The Hall–Kier alpha value is -0.0800. The van der Waals surface area contributed by atoms with Crippen LogP contribution in [-0.2, 0) is 0 Å². The van der Waals surface area contributed by atoms with Crippen molar-refractivity contribution in [1.82, 2.24) is 0 Å². The molecule has 0 aromatic carbocycles. The van der Waals surface area contributed by atoms with Gasteiger partial charge in [-0.15, -0.1) is 0 Å². The van der Waals surface area contributed by atoms with E-state index < -0.39 is 5.60 Å². The summed E-state index contributed by atoms with van der Waals surface area (Å²) in [6, 6.07) is 0. The number of rotatable bonds is 0. The molecule has 0 radical (unpaired) electrons. The van der Waals surface area contributed by atoms with E-state index in [2.05, 4.69) is 0 Å². The molecule has 0 spiro atoms. The fourth-order valence-corrected chi connectivity index (χ4v) is 0. The second-order valence-electron chi connectivity index (χ2n) is 2.17. The predicted molar refractivity (Wildman–Crippen MR) is 30.1 cm³/mol. The SMILES string of the molecule is CC(C)(C)O.CO. The van der Waals surface area contributed by atoms with Gasteiger partial charge in [-0.05, 0) is 20.8 Å². The molecule has 0 saturated carbocycles. The molecule has 0 saturated heterocycles. The van der Waals surface area contributed by atoms with Crippen LogP contribution in [0, 0.1) is 0 Å². The summed E-state index contributed by atoms with van der Waals surface area (Å²) in [6.07, 6.45) is 0. The van der Waals surface area contributed by atoms with Crippen molar-refractivity contribution >= 4 is 0 Å². The first kappa shape index (κ1) is 10.0. The molecule has 0 aliphatic carbocycles. The number of hydrogen-bond acceptors (Lipinski definition) is 2. The van der Waals surface area contributed by atoms with Crippen molar-refractivity contribution < 1.29 is 10.2 Å². The molecular weight excluding hydrogens is 92.1 g/mol. The summed E-state index contributed by atoms with van der Waals surface area (Å²) in [5, 5.41) is 15.5. The minimum atomic E-state index is -0.500. The van der Waals surface area contributed by atoms with E-state index in [4.69, 9.17) is 10.2 Å². The molecule has 0 rings (SSSR count). The molecule has 0 aromatic rings. The Labute approximate surface area is 44.8 Å². The molecule has 0 aromatic heterocycles. The predicted octanol–water partition coefficient (Wildman–Crippen LogP) is 0.386. The van der Waals surface area contributed by atoms with E-state index in [1.54, 1.807) is 20.8 Å². The van der Waals surface area contributed by atoms with Gasteiger partial charge in [0.15, 0.2) is 0 Å². The van der Waals surface area contributed by atoms with Gasteiger partial charge in [-0.1, -0.05) is 0 Å². The maximum atomic E-state index is 8.52. The van der Waals surface area contributed by atoms with Gasteiger partial charge in [-0.25, -0.2) is 0 Å². The van der Waals surface area contributed by atoms with Gasteiger partial charge in [-0.2, -0.15) is 0 Å². The summed E-state index contributed by atoms with van der Waals surface area (Å²) in [5.41, 5.74) is -0.500. The van der Waals surface area contributed by atoms with E-state index in [1.807, 2.05) is 0 Å². The number of aliphatic hydroxyl groups excluding tert-OH is 1. The molecule has 7 heavy (non-hydrogen) atoms. The zero-order valence-corrected chi connectivity index (χ0v) is 5.39.